The summed E-state index contributed by atoms with van der Waals surface area (Å²) in [6.45, 7) is 0. The Labute approximate surface area is 143 Å². The topological polar surface area (TPSA) is 36.0 Å². The van der Waals surface area contributed by atoms with Crippen molar-refractivity contribution < 1.29 is 4.99 Å². The lowest BCUT2D eigenvalue weighted by molar-refractivity contribution is -0.412. The Morgan fingerprint density at radius 2 is 1.76 bits per heavy atom. The normalized spacial score (nSPS) is 17.4. The lowest BCUT2D eigenvalue weighted by atomic mass is 9.89. The van der Waals surface area contributed by atoms with Crippen molar-refractivity contribution in [2.45, 2.75) is 12.5 Å². The van der Waals surface area contributed by atoms with Crippen LogP contribution in [0.15, 0.2) is 65.5 Å². The van der Waals surface area contributed by atoms with Gasteiger partial charge in [0.1, 0.15) is 11.7 Å². The molecule has 3 heteroatoms. The van der Waals surface area contributed by atoms with E-state index in [1.54, 1.807) is 0 Å². The maximum absolute atomic E-state index is 13.4. The van der Waals surface area contributed by atoms with E-state index >= 15 is 0 Å². The second-order valence-corrected chi connectivity index (χ2v) is 6.82. The Morgan fingerprint density at radius 3 is 2.64 bits per heavy atom. The molecule has 1 aromatic heterocycles. The first kappa shape index (κ1) is 13.1. The van der Waals surface area contributed by atoms with E-state index in [1.165, 1.54) is 11.1 Å². The van der Waals surface area contributed by atoms with Gasteiger partial charge in [0.05, 0.1) is 16.3 Å². The van der Waals surface area contributed by atoms with Crippen molar-refractivity contribution >= 4 is 33.3 Å². The maximum atomic E-state index is 13.4. The molecular formula is C22H15N2O+. The van der Waals surface area contributed by atoms with Crippen LogP contribution in [0.5, 0.6) is 0 Å². The van der Waals surface area contributed by atoms with Crippen molar-refractivity contribution in [3.63, 3.8) is 0 Å². The molecular weight excluding hydrogens is 308 g/mol. The van der Waals surface area contributed by atoms with Crippen molar-refractivity contribution in [1.29, 1.82) is 0 Å². The van der Waals surface area contributed by atoms with Crippen molar-refractivity contribution in [1.82, 2.24) is 4.57 Å². The SMILES string of the molecule is O=c1c2cccc3cccc(c4n1C1CC=Cc5cccc(c51)[NH+]=4)c32. The van der Waals surface area contributed by atoms with Gasteiger partial charge in [0.2, 0.25) is 0 Å². The average Bonchev–Trinajstić information content (AvgIpc) is 2.66. The predicted molar refractivity (Wildman–Crippen MR) is 98.9 cm³/mol. The van der Waals surface area contributed by atoms with Crippen LogP contribution >= 0.6 is 0 Å². The predicted octanol–water partition coefficient (Wildman–Crippen LogP) is 2.23. The summed E-state index contributed by atoms with van der Waals surface area (Å²) in [7, 11) is 0. The Balaban J connectivity index is 1.92. The molecule has 0 bridgehead atoms. The van der Waals surface area contributed by atoms with Crippen LogP contribution in [-0.2, 0) is 0 Å². The van der Waals surface area contributed by atoms with Crippen LogP contribution in [0, 0.1) is 0 Å². The second-order valence-electron chi connectivity index (χ2n) is 6.82. The summed E-state index contributed by atoms with van der Waals surface area (Å²) < 4.78 is 1.96. The fraction of sp³-hybridized carbons (Fsp3) is 0.0909. The third-order valence-corrected chi connectivity index (χ3v) is 5.54. The van der Waals surface area contributed by atoms with Gasteiger partial charge in [-0.1, -0.05) is 48.6 Å². The molecule has 3 aromatic carbocycles. The van der Waals surface area contributed by atoms with Crippen LogP contribution < -0.4 is 16.0 Å². The summed E-state index contributed by atoms with van der Waals surface area (Å²) in [5.41, 5.74) is 4.55. The van der Waals surface area contributed by atoms with E-state index in [4.69, 9.17) is 0 Å². The van der Waals surface area contributed by atoms with E-state index in [2.05, 4.69) is 59.6 Å². The summed E-state index contributed by atoms with van der Waals surface area (Å²) in [6.07, 6.45) is 5.18. The largest absolute Gasteiger partial charge is 0.342 e. The van der Waals surface area contributed by atoms with Gasteiger partial charge in [-0.25, -0.2) is 9.79 Å². The van der Waals surface area contributed by atoms with Crippen molar-refractivity contribution in [3.05, 3.63) is 87.6 Å². The molecule has 118 valence electrons. The van der Waals surface area contributed by atoms with Crippen molar-refractivity contribution in [3.8, 4) is 0 Å². The van der Waals surface area contributed by atoms with E-state index < -0.39 is 0 Å². The van der Waals surface area contributed by atoms with E-state index in [-0.39, 0.29) is 11.6 Å². The molecule has 1 aliphatic carbocycles. The summed E-state index contributed by atoms with van der Waals surface area (Å²) in [4.78, 5) is 17.0. The standard InChI is InChI=1S/C22H14N2O/c25-22-16-10-2-6-13-5-1-9-15(19(13)16)21-23-17-11-3-7-14-8-4-12-18(20(14)17)24(21)22/h1-11,18H,12H2/p+1. The number of allylic oxidation sites excluding steroid dienone is 1. The van der Waals surface area contributed by atoms with Crippen LogP contribution in [0.25, 0.3) is 27.6 Å². The van der Waals surface area contributed by atoms with Crippen molar-refractivity contribution in [2.24, 2.45) is 0 Å². The molecule has 0 amide bonds. The molecule has 3 nitrogen and oxygen atoms in total. The minimum absolute atomic E-state index is 0.0589. The molecule has 1 N–H and O–H groups in total. The first-order valence-corrected chi connectivity index (χ1v) is 8.62. The molecule has 1 unspecified atom stereocenters. The van der Waals surface area contributed by atoms with Crippen LogP contribution in [0.3, 0.4) is 0 Å². The zero-order chi connectivity index (χ0) is 16.5. The highest BCUT2D eigenvalue weighted by Gasteiger charge is 2.34. The Bertz CT molecular complexity index is 1340. The molecule has 2 heterocycles. The number of hydrogen-bond donors (Lipinski definition) is 1. The van der Waals surface area contributed by atoms with E-state index in [0.29, 0.717) is 0 Å². The second kappa shape index (κ2) is 4.45. The minimum Gasteiger partial charge on any atom is -0.241 e. The quantitative estimate of drug-likeness (QED) is 0.529. The molecule has 6 rings (SSSR count). The molecule has 25 heavy (non-hydrogen) atoms. The highest BCUT2D eigenvalue weighted by atomic mass is 16.1. The highest BCUT2D eigenvalue weighted by Crippen LogP contribution is 2.35. The zero-order valence-electron chi connectivity index (χ0n) is 13.5. The third kappa shape index (κ3) is 1.55. The lowest BCUT2D eigenvalue weighted by Crippen LogP contribution is -2.77. The van der Waals surface area contributed by atoms with Gasteiger partial charge in [-0.3, -0.25) is 0 Å². The molecule has 0 radical (unpaired) electrons. The van der Waals surface area contributed by atoms with E-state index in [9.17, 15) is 4.79 Å². The molecule has 0 spiro atoms. The molecule has 1 aliphatic heterocycles. The van der Waals surface area contributed by atoms with Gasteiger partial charge in [-0.15, -0.1) is 0 Å². The molecule has 0 fully saturated rings. The summed E-state index contributed by atoms with van der Waals surface area (Å²) in [5, 5.41) is 4.08. The monoisotopic (exact) mass is 323 g/mol. The Kier molecular flexibility index (Phi) is 2.34. The van der Waals surface area contributed by atoms with Crippen molar-refractivity contribution in [2.75, 3.05) is 0 Å². The first-order chi connectivity index (χ1) is 12.3. The molecule has 2 aliphatic rings. The Hall–Kier alpha value is -3.20. The minimum atomic E-state index is 0.0589. The van der Waals surface area contributed by atoms with Crippen LogP contribution in [0.2, 0.25) is 0 Å². The number of nitrogens with one attached hydrogen (secondary N) is 1. The van der Waals surface area contributed by atoms with E-state index in [0.717, 1.165) is 39.1 Å². The third-order valence-electron chi connectivity index (χ3n) is 5.54. The fourth-order valence-corrected chi connectivity index (χ4v) is 4.52. The fourth-order valence-electron chi connectivity index (χ4n) is 4.52. The summed E-state index contributed by atoms with van der Waals surface area (Å²) >= 11 is 0. The van der Waals surface area contributed by atoms with Gasteiger partial charge in [0.25, 0.3) is 5.49 Å². The highest BCUT2D eigenvalue weighted by molar-refractivity contribution is 6.09. The van der Waals surface area contributed by atoms with Gasteiger partial charge in [0.15, 0.2) is 0 Å². The van der Waals surface area contributed by atoms with Crippen LogP contribution in [-0.4, -0.2) is 4.57 Å². The smallest absolute Gasteiger partial charge is 0.241 e. The Morgan fingerprint density at radius 1 is 0.960 bits per heavy atom. The van der Waals surface area contributed by atoms with Gasteiger partial charge in [0, 0.05) is 11.8 Å². The van der Waals surface area contributed by atoms with Gasteiger partial charge < -0.3 is 0 Å². The summed E-state index contributed by atoms with van der Waals surface area (Å²) in [6, 6.07) is 18.6. The number of fused-ring (bicyclic) bond motifs is 3. The van der Waals surface area contributed by atoms with E-state index in [1.807, 2.05) is 16.7 Å². The van der Waals surface area contributed by atoms with Gasteiger partial charge >= 0.3 is 5.56 Å². The van der Waals surface area contributed by atoms with Crippen LogP contribution in [0.4, 0.5) is 5.69 Å². The van der Waals surface area contributed by atoms with Gasteiger partial charge in [-0.05, 0) is 29.1 Å². The molecule has 0 saturated carbocycles. The maximum Gasteiger partial charge on any atom is 0.342 e. The molecule has 0 saturated heterocycles. The number of benzene rings is 3. The number of hydrogen-bond acceptors (Lipinski definition) is 1. The number of nitrogens with zero attached hydrogens (tertiary/aromatic N) is 1. The van der Waals surface area contributed by atoms with Gasteiger partial charge in [-0.2, -0.15) is 4.57 Å². The lowest BCUT2D eigenvalue weighted by Gasteiger charge is -2.24. The number of pyridine rings is 1. The number of rotatable bonds is 0. The number of aromatic nitrogens is 1. The molecule has 4 aromatic rings. The van der Waals surface area contributed by atoms with Crippen LogP contribution in [0.1, 0.15) is 23.6 Å². The summed E-state index contributed by atoms with van der Waals surface area (Å²) in [5.74, 6) is 0. The molecule has 1 atom stereocenters. The zero-order valence-corrected chi connectivity index (χ0v) is 13.5. The first-order valence-electron chi connectivity index (χ1n) is 8.62. The average molecular weight is 323 g/mol.